The lowest BCUT2D eigenvalue weighted by molar-refractivity contribution is -0.152. The zero-order valence-electron chi connectivity index (χ0n) is 19.1. The summed E-state index contributed by atoms with van der Waals surface area (Å²) in [6.45, 7) is 2.12. The van der Waals surface area contributed by atoms with Gasteiger partial charge in [-0.05, 0) is 44.4 Å². The van der Waals surface area contributed by atoms with Crippen LogP contribution in [0.1, 0.15) is 110 Å². The van der Waals surface area contributed by atoms with Crippen molar-refractivity contribution in [1.82, 2.24) is 0 Å². The van der Waals surface area contributed by atoms with Crippen LogP contribution in [0.15, 0.2) is 12.2 Å². The summed E-state index contributed by atoms with van der Waals surface area (Å²) >= 11 is 0. The van der Waals surface area contributed by atoms with E-state index in [1.807, 2.05) is 0 Å². The Balaban J connectivity index is 2.31. The number of carbonyl (C=O) groups excluding carboxylic acids is 2. The zero-order valence-corrected chi connectivity index (χ0v) is 19.1. The van der Waals surface area contributed by atoms with Gasteiger partial charge in [0.05, 0.1) is 0 Å². The van der Waals surface area contributed by atoms with Crippen molar-refractivity contribution in [1.29, 1.82) is 0 Å². The molecule has 0 amide bonds. The lowest BCUT2D eigenvalue weighted by Gasteiger charge is -2.12. The fourth-order valence-electron chi connectivity index (χ4n) is 3.69. The summed E-state index contributed by atoms with van der Waals surface area (Å²) < 4.78 is 10.1. The molecular weight excluding hydrogens is 380 g/mol. The van der Waals surface area contributed by atoms with E-state index in [2.05, 4.69) is 19.1 Å². The van der Waals surface area contributed by atoms with E-state index in [9.17, 15) is 14.7 Å². The third kappa shape index (κ3) is 16.4. The second kappa shape index (κ2) is 18.4. The SMILES string of the molecule is CC1CC/C=C/CCCCCCCC(=O)OCC(O)COC(=O)CCCCCCC1. The molecular formula is C25H44O5. The largest absolute Gasteiger partial charge is 0.463 e. The Hall–Kier alpha value is -1.36. The van der Waals surface area contributed by atoms with Gasteiger partial charge in [-0.3, -0.25) is 9.59 Å². The first-order chi connectivity index (χ1) is 14.6. The molecule has 0 aromatic carbocycles. The highest BCUT2D eigenvalue weighted by Crippen LogP contribution is 2.17. The van der Waals surface area contributed by atoms with Crippen LogP contribution in [0.3, 0.4) is 0 Å². The van der Waals surface area contributed by atoms with Gasteiger partial charge in [-0.1, -0.05) is 70.4 Å². The van der Waals surface area contributed by atoms with Crippen LogP contribution in [-0.2, 0) is 19.1 Å². The molecule has 0 spiro atoms. The van der Waals surface area contributed by atoms with Gasteiger partial charge in [0, 0.05) is 12.8 Å². The zero-order chi connectivity index (χ0) is 21.9. The fourth-order valence-corrected chi connectivity index (χ4v) is 3.69. The Morgan fingerprint density at radius 2 is 1.20 bits per heavy atom. The van der Waals surface area contributed by atoms with Crippen LogP contribution in [0.5, 0.6) is 0 Å². The first kappa shape index (κ1) is 26.7. The standard InChI is InChI=1S/C25H44O5/c1-22-16-12-8-5-3-2-4-6-10-14-18-24(27)29-20-23(26)21-30-25(28)19-15-11-7-9-13-17-22/h5,8,22-23,26H,2-4,6-7,9-21H2,1H3/b8-5+. The molecule has 1 aliphatic rings. The molecule has 2 unspecified atom stereocenters. The molecule has 0 aromatic rings. The average Bonchev–Trinajstić information content (AvgIpc) is 2.73. The maximum atomic E-state index is 11.8. The van der Waals surface area contributed by atoms with Crippen molar-refractivity contribution < 1.29 is 24.2 Å². The Morgan fingerprint density at radius 1 is 0.700 bits per heavy atom. The summed E-state index contributed by atoms with van der Waals surface area (Å²) in [6.07, 6.45) is 20.2. The number of ether oxygens (including phenoxy) is 2. The molecule has 0 aliphatic carbocycles. The molecule has 1 N–H and O–H groups in total. The van der Waals surface area contributed by atoms with E-state index in [1.165, 1.54) is 44.9 Å². The number of aliphatic hydroxyl groups excluding tert-OH is 1. The van der Waals surface area contributed by atoms with Crippen molar-refractivity contribution in [3.05, 3.63) is 12.2 Å². The molecule has 5 nitrogen and oxygen atoms in total. The molecule has 0 bridgehead atoms. The number of cyclic esters (lactones) is 2. The summed E-state index contributed by atoms with van der Waals surface area (Å²) in [6, 6.07) is 0. The van der Waals surface area contributed by atoms with Crippen LogP contribution >= 0.6 is 0 Å². The van der Waals surface area contributed by atoms with Crippen molar-refractivity contribution >= 4 is 11.9 Å². The minimum atomic E-state index is -0.952. The van der Waals surface area contributed by atoms with E-state index in [1.54, 1.807) is 0 Å². The lowest BCUT2D eigenvalue weighted by atomic mass is 9.97. The first-order valence-corrected chi connectivity index (χ1v) is 12.2. The van der Waals surface area contributed by atoms with Crippen LogP contribution < -0.4 is 0 Å². The van der Waals surface area contributed by atoms with Gasteiger partial charge in [-0.15, -0.1) is 0 Å². The van der Waals surface area contributed by atoms with Crippen molar-refractivity contribution in [3.8, 4) is 0 Å². The van der Waals surface area contributed by atoms with Crippen LogP contribution in [-0.4, -0.2) is 36.4 Å². The predicted molar refractivity (Wildman–Crippen MR) is 120 cm³/mol. The molecule has 0 fully saturated rings. The van der Waals surface area contributed by atoms with Crippen molar-refractivity contribution in [2.45, 2.75) is 116 Å². The van der Waals surface area contributed by atoms with Gasteiger partial charge >= 0.3 is 11.9 Å². The van der Waals surface area contributed by atoms with Crippen LogP contribution in [0.25, 0.3) is 0 Å². The van der Waals surface area contributed by atoms with Gasteiger partial charge in [0.15, 0.2) is 0 Å². The molecule has 174 valence electrons. The van der Waals surface area contributed by atoms with E-state index < -0.39 is 6.10 Å². The Kier molecular flexibility index (Phi) is 16.4. The van der Waals surface area contributed by atoms with E-state index in [4.69, 9.17) is 9.47 Å². The highest BCUT2D eigenvalue weighted by atomic mass is 16.6. The number of rotatable bonds is 0. The number of carbonyl (C=O) groups is 2. The van der Waals surface area contributed by atoms with Gasteiger partial charge in [0.2, 0.25) is 0 Å². The number of hydrogen-bond donors (Lipinski definition) is 1. The second-order valence-electron chi connectivity index (χ2n) is 8.79. The summed E-state index contributed by atoms with van der Waals surface area (Å²) in [4.78, 5) is 23.5. The molecule has 0 saturated heterocycles. The summed E-state index contributed by atoms with van der Waals surface area (Å²) in [5.41, 5.74) is 0. The third-order valence-electron chi connectivity index (χ3n) is 5.70. The smallest absolute Gasteiger partial charge is 0.305 e. The predicted octanol–water partition coefficient (Wildman–Crippen LogP) is 5.88. The molecule has 0 saturated carbocycles. The fraction of sp³-hybridized carbons (Fsp3) is 0.840. The van der Waals surface area contributed by atoms with Gasteiger partial charge in [0.25, 0.3) is 0 Å². The van der Waals surface area contributed by atoms with Crippen LogP contribution in [0.4, 0.5) is 0 Å². The molecule has 0 radical (unpaired) electrons. The van der Waals surface area contributed by atoms with Crippen LogP contribution in [0, 0.1) is 5.92 Å². The molecule has 1 rings (SSSR count). The van der Waals surface area contributed by atoms with Crippen molar-refractivity contribution in [3.63, 3.8) is 0 Å². The molecule has 2 atom stereocenters. The highest BCUT2D eigenvalue weighted by Gasteiger charge is 2.12. The van der Waals surface area contributed by atoms with E-state index in [0.717, 1.165) is 50.9 Å². The summed E-state index contributed by atoms with van der Waals surface area (Å²) in [5.74, 6) is 0.198. The number of esters is 2. The maximum Gasteiger partial charge on any atom is 0.305 e. The number of aliphatic hydroxyl groups is 1. The number of allylic oxidation sites excluding steroid dienone is 2. The molecule has 5 heteroatoms. The molecule has 30 heavy (non-hydrogen) atoms. The average molecular weight is 425 g/mol. The topological polar surface area (TPSA) is 72.8 Å². The Morgan fingerprint density at radius 3 is 1.83 bits per heavy atom. The minimum Gasteiger partial charge on any atom is -0.463 e. The van der Waals surface area contributed by atoms with Crippen molar-refractivity contribution in [2.75, 3.05) is 13.2 Å². The van der Waals surface area contributed by atoms with Crippen molar-refractivity contribution in [2.24, 2.45) is 5.92 Å². The Bertz CT molecular complexity index is 474. The maximum absolute atomic E-state index is 11.8. The van der Waals surface area contributed by atoms with Crippen LogP contribution in [0.2, 0.25) is 0 Å². The summed E-state index contributed by atoms with van der Waals surface area (Å²) in [5, 5.41) is 9.82. The second-order valence-corrected chi connectivity index (χ2v) is 8.79. The highest BCUT2D eigenvalue weighted by molar-refractivity contribution is 5.69. The summed E-state index contributed by atoms with van der Waals surface area (Å²) in [7, 11) is 0. The normalized spacial score (nSPS) is 27.5. The molecule has 1 aliphatic heterocycles. The lowest BCUT2D eigenvalue weighted by Crippen LogP contribution is -2.25. The van der Waals surface area contributed by atoms with Gasteiger partial charge in [-0.2, -0.15) is 0 Å². The third-order valence-corrected chi connectivity index (χ3v) is 5.70. The van der Waals surface area contributed by atoms with Gasteiger partial charge in [-0.25, -0.2) is 0 Å². The van der Waals surface area contributed by atoms with Gasteiger partial charge < -0.3 is 14.6 Å². The Labute approximate surface area is 183 Å². The van der Waals surface area contributed by atoms with E-state index >= 15 is 0 Å². The minimum absolute atomic E-state index is 0.113. The quantitative estimate of drug-likeness (QED) is 0.388. The van der Waals surface area contributed by atoms with Gasteiger partial charge in [0.1, 0.15) is 19.3 Å². The number of hydrogen-bond acceptors (Lipinski definition) is 5. The monoisotopic (exact) mass is 424 g/mol. The molecule has 0 aromatic heterocycles. The van der Waals surface area contributed by atoms with E-state index in [0.29, 0.717) is 12.8 Å². The van der Waals surface area contributed by atoms with E-state index in [-0.39, 0.29) is 25.2 Å². The molecule has 1 heterocycles. The first-order valence-electron chi connectivity index (χ1n) is 12.2.